The van der Waals surface area contributed by atoms with E-state index >= 15 is 0 Å². The molecule has 1 aliphatic rings. The first-order valence-electron chi connectivity index (χ1n) is 7.07. The van der Waals surface area contributed by atoms with Crippen LogP contribution in [0.15, 0.2) is 40.4 Å². The molecule has 3 rings (SSSR count). The fourth-order valence-corrected chi connectivity index (χ4v) is 4.89. The molecular weight excluding hydrogens is 316 g/mol. The molecule has 0 saturated carbocycles. The molecule has 110 valence electrons. The molecule has 1 aromatic heterocycles. The third-order valence-corrected chi connectivity index (χ3v) is 5.70. The van der Waals surface area contributed by atoms with Crippen LogP contribution in [0.4, 0.5) is 5.69 Å². The minimum Gasteiger partial charge on any atom is -0.787 e. The lowest BCUT2D eigenvalue weighted by Crippen LogP contribution is -2.35. The van der Waals surface area contributed by atoms with Crippen molar-refractivity contribution in [1.82, 2.24) is 0 Å². The average molecular weight is 335 g/mol. The zero-order chi connectivity index (χ0) is 14.8. The highest BCUT2D eigenvalue weighted by molar-refractivity contribution is 8.03. The third kappa shape index (κ3) is 3.00. The lowest BCUT2D eigenvalue weighted by molar-refractivity contribution is -0.689. The highest BCUT2D eigenvalue weighted by atomic mass is 32.2. The molecule has 0 spiro atoms. The zero-order valence-corrected chi connectivity index (χ0v) is 14.7. The number of anilines is 1. The molecule has 0 amide bonds. The molecule has 2 aromatic rings. The monoisotopic (exact) mass is 334 g/mol. The second kappa shape index (κ2) is 6.46. The molecular formula is C16H18N2S3. The van der Waals surface area contributed by atoms with E-state index in [1.54, 1.807) is 0 Å². The van der Waals surface area contributed by atoms with Crippen molar-refractivity contribution in [2.45, 2.75) is 25.3 Å². The molecule has 0 radical (unpaired) electrons. The normalized spacial score (nSPS) is 15.8. The van der Waals surface area contributed by atoms with E-state index in [4.69, 9.17) is 12.6 Å². The van der Waals surface area contributed by atoms with Crippen LogP contribution in [0.5, 0.6) is 0 Å². The van der Waals surface area contributed by atoms with Crippen molar-refractivity contribution < 1.29 is 4.57 Å². The van der Waals surface area contributed by atoms with E-state index in [0.29, 0.717) is 0 Å². The van der Waals surface area contributed by atoms with Crippen LogP contribution in [0, 0.1) is 6.92 Å². The summed E-state index contributed by atoms with van der Waals surface area (Å²) in [5.41, 5.74) is 1.32. The van der Waals surface area contributed by atoms with Crippen LogP contribution in [0.3, 0.4) is 0 Å². The number of aryl methyl sites for hydroxylation is 2. The van der Waals surface area contributed by atoms with Crippen molar-refractivity contribution >= 4 is 47.5 Å². The summed E-state index contributed by atoms with van der Waals surface area (Å²) in [6.45, 7) is 6.25. The lowest BCUT2D eigenvalue weighted by atomic mass is 10.3. The quantitative estimate of drug-likeness (QED) is 0.620. The topological polar surface area (TPSA) is 7.12 Å². The van der Waals surface area contributed by atoms with Gasteiger partial charge in [-0.15, -0.1) is 5.75 Å². The van der Waals surface area contributed by atoms with Crippen molar-refractivity contribution in [2.75, 3.05) is 17.2 Å². The number of benzene rings is 1. The van der Waals surface area contributed by atoms with Gasteiger partial charge in [0.05, 0.1) is 21.7 Å². The summed E-state index contributed by atoms with van der Waals surface area (Å²) in [5, 5.41) is 2.59. The minimum atomic E-state index is 0.752. The first kappa shape index (κ1) is 15.0. The van der Waals surface area contributed by atoms with E-state index in [-0.39, 0.29) is 0 Å². The molecule has 21 heavy (non-hydrogen) atoms. The first-order chi connectivity index (χ1) is 10.2. The molecule has 5 heteroatoms. The summed E-state index contributed by atoms with van der Waals surface area (Å²) >= 11 is 8.82. The number of rotatable bonds is 4. The number of hydrogen-bond donors (Lipinski definition) is 0. The minimum absolute atomic E-state index is 0.752. The Morgan fingerprint density at radius 1 is 1.33 bits per heavy atom. The van der Waals surface area contributed by atoms with Gasteiger partial charge in [0, 0.05) is 11.4 Å². The van der Waals surface area contributed by atoms with E-state index < -0.39 is 0 Å². The zero-order valence-electron chi connectivity index (χ0n) is 12.2. The molecule has 0 N–H and O–H groups in total. The van der Waals surface area contributed by atoms with Gasteiger partial charge in [-0.3, -0.25) is 0 Å². The molecule has 0 unspecified atom stereocenters. The predicted octanol–water partition coefficient (Wildman–Crippen LogP) is 3.82. The van der Waals surface area contributed by atoms with Crippen molar-refractivity contribution in [3.05, 3.63) is 45.4 Å². The molecule has 0 atom stereocenters. The summed E-state index contributed by atoms with van der Waals surface area (Å²) in [6, 6.07) is 8.61. The summed E-state index contributed by atoms with van der Waals surface area (Å²) < 4.78 is 2.28. The number of para-hydroxylation sites is 1. The molecule has 0 fully saturated rings. The van der Waals surface area contributed by atoms with E-state index in [9.17, 15) is 0 Å². The number of aromatic nitrogens is 1. The van der Waals surface area contributed by atoms with Gasteiger partial charge in [-0.25, -0.2) is 0 Å². The smallest absolute Gasteiger partial charge is 0.264 e. The van der Waals surface area contributed by atoms with E-state index in [2.05, 4.69) is 59.9 Å². The van der Waals surface area contributed by atoms with Gasteiger partial charge in [0.1, 0.15) is 6.54 Å². The standard InChI is InChI=1S/C16H18N2S3/c1-3-18-13-6-4-5-7-14(13)21-16(18)10-15-17(8-9-19)11-12(2)20-15/h4-7,10-11H,3,8-9H2,1-2H3. The Labute approximate surface area is 139 Å². The van der Waals surface area contributed by atoms with Crippen LogP contribution < -0.4 is 9.47 Å². The Bertz CT molecular complexity index is 676. The van der Waals surface area contributed by atoms with Gasteiger partial charge >= 0.3 is 0 Å². The van der Waals surface area contributed by atoms with Crippen LogP contribution in [-0.2, 0) is 19.2 Å². The van der Waals surface area contributed by atoms with E-state index in [1.807, 2.05) is 23.1 Å². The predicted molar refractivity (Wildman–Crippen MR) is 94.8 cm³/mol. The van der Waals surface area contributed by atoms with E-state index in [1.165, 1.54) is 25.5 Å². The average Bonchev–Trinajstić information content (AvgIpc) is 2.99. The second-order valence-electron chi connectivity index (χ2n) is 4.87. The molecule has 2 nitrogen and oxygen atoms in total. The molecule has 1 aliphatic heterocycles. The summed E-state index contributed by atoms with van der Waals surface area (Å²) in [6.07, 6.45) is 4.50. The summed E-state index contributed by atoms with van der Waals surface area (Å²) in [4.78, 5) is 5.05. The molecule has 0 bridgehead atoms. The summed E-state index contributed by atoms with van der Waals surface area (Å²) in [7, 11) is 0. The highest BCUT2D eigenvalue weighted by Gasteiger charge is 2.25. The Morgan fingerprint density at radius 3 is 2.90 bits per heavy atom. The maximum atomic E-state index is 5.14. The van der Waals surface area contributed by atoms with Crippen molar-refractivity contribution in [3.63, 3.8) is 0 Å². The fraction of sp³-hybridized carbons (Fsp3) is 0.312. The summed E-state index contributed by atoms with van der Waals surface area (Å²) in [5.74, 6) is 0.752. The Kier molecular flexibility index (Phi) is 4.62. The fourth-order valence-electron chi connectivity index (χ4n) is 2.51. The van der Waals surface area contributed by atoms with Crippen LogP contribution in [0.25, 0.3) is 6.08 Å². The third-order valence-electron chi connectivity index (χ3n) is 3.42. The molecule has 0 saturated heterocycles. The van der Waals surface area contributed by atoms with Crippen LogP contribution >= 0.6 is 23.1 Å². The van der Waals surface area contributed by atoms with Gasteiger partial charge in [0.25, 0.3) is 5.01 Å². The van der Waals surface area contributed by atoms with Crippen LogP contribution in [0.1, 0.15) is 16.8 Å². The van der Waals surface area contributed by atoms with Crippen molar-refractivity contribution in [2.24, 2.45) is 0 Å². The Balaban J connectivity index is 1.97. The maximum absolute atomic E-state index is 5.14. The number of hydrogen-bond acceptors (Lipinski definition) is 4. The van der Waals surface area contributed by atoms with Gasteiger partial charge in [0.15, 0.2) is 6.20 Å². The SMILES string of the molecule is CCN1C(=Cc2sc(C)c[n+]2CC[S-])Sc2ccccc21. The van der Waals surface area contributed by atoms with Gasteiger partial charge in [-0.05, 0) is 26.0 Å². The van der Waals surface area contributed by atoms with Gasteiger partial charge in [-0.1, -0.05) is 35.2 Å². The van der Waals surface area contributed by atoms with Gasteiger partial charge in [0.2, 0.25) is 0 Å². The molecule has 1 aromatic carbocycles. The maximum Gasteiger partial charge on any atom is 0.264 e. The van der Waals surface area contributed by atoms with Gasteiger partial charge in [-0.2, -0.15) is 4.57 Å². The Hall–Kier alpha value is -0.910. The molecule has 0 aliphatic carbocycles. The number of thioether (sulfide) groups is 1. The number of nitrogens with zero attached hydrogens (tertiary/aromatic N) is 2. The van der Waals surface area contributed by atoms with Gasteiger partial charge < -0.3 is 17.5 Å². The number of fused-ring (bicyclic) bond motifs is 1. The van der Waals surface area contributed by atoms with Crippen molar-refractivity contribution in [1.29, 1.82) is 0 Å². The second-order valence-corrected chi connectivity index (χ2v) is 7.61. The van der Waals surface area contributed by atoms with Crippen molar-refractivity contribution in [3.8, 4) is 0 Å². The first-order valence-corrected chi connectivity index (χ1v) is 9.28. The van der Waals surface area contributed by atoms with Crippen LogP contribution in [0.2, 0.25) is 0 Å². The highest BCUT2D eigenvalue weighted by Crippen LogP contribution is 2.46. The van der Waals surface area contributed by atoms with Crippen LogP contribution in [-0.4, -0.2) is 12.3 Å². The number of thiazole rings is 1. The Morgan fingerprint density at radius 2 is 2.14 bits per heavy atom. The van der Waals surface area contributed by atoms with E-state index in [0.717, 1.165) is 18.8 Å². The largest absolute Gasteiger partial charge is 0.787 e. The lowest BCUT2D eigenvalue weighted by Gasteiger charge is -2.17. The molecule has 2 heterocycles.